The standard InChI is InChI=1S/C13H15IO/c1-2-13(15-11-10-14)9-8-12-6-4-3-5-7-12/h1,3-7,13H,8-11H2. The molecule has 1 unspecified atom stereocenters. The number of hydrogen-bond donors (Lipinski definition) is 0. The molecule has 15 heavy (non-hydrogen) atoms. The molecule has 0 spiro atoms. The molecule has 0 aliphatic heterocycles. The van der Waals surface area contributed by atoms with E-state index in [1.165, 1.54) is 5.56 Å². The van der Waals surface area contributed by atoms with Gasteiger partial charge < -0.3 is 4.74 Å². The quantitative estimate of drug-likeness (QED) is 0.445. The van der Waals surface area contributed by atoms with E-state index >= 15 is 0 Å². The minimum Gasteiger partial charge on any atom is -0.365 e. The molecule has 1 aromatic carbocycles. The fourth-order valence-electron chi connectivity index (χ4n) is 1.34. The zero-order valence-electron chi connectivity index (χ0n) is 8.66. The van der Waals surface area contributed by atoms with Gasteiger partial charge in [0.15, 0.2) is 0 Å². The molecule has 0 fully saturated rings. The molecular weight excluding hydrogens is 299 g/mol. The highest BCUT2D eigenvalue weighted by molar-refractivity contribution is 14.1. The Morgan fingerprint density at radius 2 is 2.07 bits per heavy atom. The summed E-state index contributed by atoms with van der Waals surface area (Å²) in [5.41, 5.74) is 1.32. The number of aryl methyl sites for hydroxylation is 1. The largest absolute Gasteiger partial charge is 0.365 e. The van der Waals surface area contributed by atoms with Gasteiger partial charge in [-0.3, -0.25) is 0 Å². The third kappa shape index (κ3) is 5.19. The first-order chi connectivity index (χ1) is 7.36. The van der Waals surface area contributed by atoms with E-state index in [-0.39, 0.29) is 6.10 Å². The first-order valence-electron chi connectivity index (χ1n) is 5.04. The van der Waals surface area contributed by atoms with Crippen LogP contribution in [0.15, 0.2) is 30.3 Å². The molecule has 0 N–H and O–H groups in total. The molecule has 0 heterocycles. The van der Waals surface area contributed by atoms with Crippen molar-refractivity contribution in [2.45, 2.75) is 18.9 Å². The molecule has 0 bridgehead atoms. The van der Waals surface area contributed by atoms with Crippen LogP contribution >= 0.6 is 22.6 Å². The van der Waals surface area contributed by atoms with Gasteiger partial charge in [0.1, 0.15) is 6.10 Å². The molecule has 0 aliphatic carbocycles. The van der Waals surface area contributed by atoms with Crippen LogP contribution in [0.3, 0.4) is 0 Å². The highest BCUT2D eigenvalue weighted by Gasteiger charge is 2.04. The zero-order chi connectivity index (χ0) is 10.9. The third-order valence-corrected chi connectivity index (χ3v) is 2.56. The minimum atomic E-state index is -0.0417. The van der Waals surface area contributed by atoms with Crippen molar-refractivity contribution in [2.75, 3.05) is 11.0 Å². The molecule has 1 nitrogen and oxygen atoms in total. The summed E-state index contributed by atoms with van der Waals surface area (Å²) in [6, 6.07) is 10.4. The average molecular weight is 314 g/mol. The van der Waals surface area contributed by atoms with Gasteiger partial charge in [-0.25, -0.2) is 0 Å². The number of rotatable bonds is 6. The van der Waals surface area contributed by atoms with E-state index in [2.05, 4.69) is 40.6 Å². The van der Waals surface area contributed by atoms with E-state index in [9.17, 15) is 0 Å². The van der Waals surface area contributed by atoms with Gasteiger partial charge in [-0.15, -0.1) is 6.42 Å². The Morgan fingerprint density at radius 1 is 1.33 bits per heavy atom. The van der Waals surface area contributed by atoms with Crippen molar-refractivity contribution in [3.05, 3.63) is 35.9 Å². The zero-order valence-corrected chi connectivity index (χ0v) is 10.8. The van der Waals surface area contributed by atoms with Gasteiger partial charge in [-0.2, -0.15) is 0 Å². The molecule has 0 amide bonds. The highest BCUT2D eigenvalue weighted by atomic mass is 127. The summed E-state index contributed by atoms with van der Waals surface area (Å²) < 4.78 is 6.51. The lowest BCUT2D eigenvalue weighted by Crippen LogP contribution is -2.13. The maximum Gasteiger partial charge on any atom is 0.118 e. The molecule has 0 aromatic heterocycles. The first-order valence-corrected chi connectivity index (χ1v) is 6.57. The van der Waals surface area contributed by atoms with Gasteiger partial charge in [0.05, 0.1) is 6.61 Å². The summed E-state index contributed by atoms with van der Waals surface area (Å²) in [6.07, 6.45) is 7.24. The average Bonchev–Trinajstić information content (AvgIpc) is 2.31. The van der Waals surface area contributed by atoms with E-state index in [1.807, 2.05) is 18.2 Å². The highest BCUT2D eigenvalue weighted by Crippen LogP contribution is 2.07. The van der Waals surface area contributed by atoms with E-state index in [0.717, 1.165) is 23.9 Å². The van der Waals surface area contributed by atoms with Gasteiger partial charge in [-0.05, 0) is 18.4 Å². The van der Waals surface area contributed by atoms with Crippen molar-refractivity contribution in [2.24, 2.45) is 0 Å². The maximum absolute atomic E-state index is 5.52. The minimum absolute atomic E-state index is 0.0417. The number of terminal acetylenes is 1. The molecule has 0 aliphatic rings. The number of alkyl halides is 1. The fourth-order valence-corrected chi connectivity index (χ4v) is 1.60. The Labute approximate surface area is 105 Å². The van der Waals surface area contributed by atoms with Gasteiger partial charge in [0.25, 0.3) is 0 Å². The molecular formula is C13H15IO. The van der Waals surface area contributed by atoms with E-state index < -0.39 is 0 Å². The van der Waals surface area contributed by atoms with Crippen LogP contribution in [0.4, 0.5) is 0 Å². The summed E-state index contributed by atoms with van der Waals surface area (Å²) in [6.45, 7) is 0.740. The number of halogens is 1. The molecule has 0 saturated carbocycles. The van der Waals surface area contributed by atoms with Crippen LogP contribution in [0, 0.1) is 12.3 Å². The predicted octanol–water partition coefficient (Wildman–Crippen LogP) is 3.07. The van der Waals surface area contributed by atoms with Crippen LogP contribution in [-0.4, -0.2) is 17.1 Å². The lowest BCUT2D eigenvalue weighted by molar-refractivity contribution is 0.101. The van der Waals surface area contributed by atoms with Crippen LogP contribution < -0.4 is 0 Å². The second-order valence-corrected chi connectivity index (χ2v) is 4.32. The summed E-state index contributed by atoms with van der Waals surface area (Å²) in [5, 5.41) is 0. The molecule has 2 heteroatoms. The predicted molar refractivity (Wildman–Crippen MR) is 72.2 cm³/mol. The summed E-state index contributed by atoms with van der Waals surface area (Å²) in [7, 11) is 0. The maximum atomic E-state index is 5.52. The van der Waals surface area contributed by atoms with E-state index in [1.54, 1.807) is 0 Å². The second-order valence-electron chi connectivity index (χ2n) is 3.24. The number of benzene rings is 1. The first kappa shape index (κ1) is 12.5. The van der Waals surface area contributed by atoms with Crippen molar-refractivity contribution in [3.8, 4) is 12.3 Å². The molecule has 1 aromatic rings. The Balaban J connectivity index is 2.32. The Morgan fingerprint density at radius 3 is 2.67 bits per heavy atom. The molecule has 80 valence electrons. The smallest absolute Gasteiger partial charge is 0.118 e. The lowest BCUT2D eigenvalue weighted by atomic mass is 10.1. The van der Waals surface area contributed by atoms with Crippen LogP contribution in [0.5, 0.6) is 0 Å². The van der Waals surface area contributed by atoms with Crippen molar-refractivity contribution in [1.82, 2.24) is 0 Å². The summed E-state index contributed by atoms with van der Waals surface area (Å²) in [5.74, 6) is 2.68. The van der Waals surface area contributed by atoms with Crippen molar-refractivity contribution < 1.29 is 4.74 Å². The van der Waals surface area contributed by atoms with Gasteiger partial charge in [-0.1, -0.05) is 58.8 Å². The molecule has 1 atom stereocenters. The van der Waals surface area contributed by atoms with Gasteiger partial charge in [0.2, 0.25) is 0 Å². The van der Waals surface area contributed by atoms with Crippen molar-refractivity contribution in [3.63, 3.8) is 0 Å². The van der Waals surface area contributed by atoms with E-state index in [0.29, 0.717) is 0 Å². The number of hydrogen-bond acceptors (Lipinski definition) is 1. The van der Waals surface area contributed by atoms with Gasteiger partial charge in [0, 0.05) is 4.43 Å². The second kappa shape index (κ2) is 7.72. The third-order valence-electron chi connectivity index (χ3n) is 2.12. The molecule has 0 saturated heterocycles. The normalized spacial score (nSPS) is 12.0. The summed E-state index contributed by atoms with van der Waals surface area (Å²) >= 11 is 2.28. The van der Waals surface area contributed by atoms with Crippen LogP contribution in [0.1, 0.15) is 12.0 Å². The van der Waals surface area contributed by atoms with E-state index in [4.69, 9.17) is 11.2 Å². The SMILES string of the molecule is C#CC(CCc1ccccc1)OCCI. The number of ether oxygens (including phenoxy) is 1. The van der Waals surface area contributed by atoms with Crippen molar-refractivity contribution >= 4 is 22.6 Å². The Bertz CT molecular complexity index is 302. The van der Waals surface area contributed by atoms with Crippen LogP contribution in [-0.2, 0) is 11.2 Å². The monoisotopic (exact) mass is 314 g/mol. The van der Waals surface area contributed by atoms with Crippen molar-refractivity contribution in [1.29, 1.82) is 0 Å². The Hall–Kier alpha value is -0.530. The van der Waals surface area contributed by atoms with Crippen LogP contribution in [0.25, 0.3) is 0 Å². The topological polar surface area (TPSA) is 9.23 Å². The van der Waals surface area contributed by atoms with Crippen LogP contribution in [0.2, 0.25) is 0 Å². The summed E-state index contributed by atoms with van der Waals surface area (Å²) in [4.78, 5) is 0. The lowest BCUT2D eigenvalue weighted by Gasteiger charge is -2.10. The molecule has 1 rings (SSSR count). The molecule has 0 radical (unpaired) electrons. The van der Waals surface area contributed by atoms with Gasteiger partial charge >= 0.3 is 0 Å². The Kier molecular flexibility index (Phi) is 6.45. The fraction of sp³-hybridized carbons (Fsp3) is 0.385.